The highest BCUT2D eigenvalue weighted by Crippen LogP contribution is 2.34. The van der Waals surface area contributed by atoms with Gasteiger partial charge in [0.15, 0.2) is 0 Å². The summed E-state index contributed by atoms with van der Waals surface area (Å²) in [6.07, 6.45) is 1.69. The molecule has 0 saturated carbocycles. The first-order chi connectivity index (χ1) is 7.36. The van der Waals surface area contributed by atoms with E-state index in [2.05, 4.69) is 10.3 Å². The molecule has 1 N–H and O–H groups in total. The number of fused-ring (bicyclic) bond motifs is 2. The van der Waals surface area contributed by atoms with Gasteiger partial charge < -0.3 is 5.32 Å². The monoisotopic (exact) mass is 216 g/mol. The van der Waals surface area contributed by atoms with Crippen molar-refractivity contribution < 1.29 is 4.21 Å². The molecular formula is C11H8N2OS. The van der Waals surface area contributed by atoms with E-state index in [1.807, 2.05) is 30.3 Å². The summed E-state index contributed by atoms with van der Waals surface area (Å²) in [5.74, 6) is 0.689. The van der Waals surface area contributed by atoms with Crippen molar-refractivity contribution in [3.63, 3.8) is 0 Å². The van der Waals surface area contributed by atoms with Crippen molar-refractivity contribution in [3.8, 4) is 0 Å². The van der Waals surface area contributed by atoms with Crippen molar-refractivity contribution in [1.82, 2.24) is 4.98 Å². The van der Waals surface area contributed by atoms with Crippen LogP contribution in [0.4, 0.5) is 11.5 Å². The maximum Gasteiger partial charge on any atom is 0.147 e. The second-order valence-electron chi connectivity index (χ2n) is 3.24. The van der Waals surface area contributed by atoms with E-state index in [1.54, 1.807) is 12.3 Å². The summed E-state index contributed by atoms with van der Waals surface area (Å²) in [4.78, 5) is 5.73. The van der Waals surface area contributed by atoms with Crippen molar-refractivity contribution >= 4 is 22.3 Å². The Balaban J connectivity index is 2.24. The van der Waals surface area contributed by atoms with Gasteiger partial charge in [0.05, 0.1) is 26.3 Å². The number of hydrogen-bond acceptors (Lipinski definition) is 3. The first-order valence-corrected chi connectivity index (χ1v) is 5.74. The maximum absolute atomic E-state index is 12.1. The fourth-order valence-electron chi connectivity index (χ4n) is 1.61. The highest BCUT2D eigenvalue weighted by molar-refractivity contribution is 7.85. The van der Waals surface area contributed by atoms with Gasteiger partial charge in [0, 0.05) is 6.20 Å². The van der Waals surface area contributed by atoms with Crippen LogP contribution in [0.2, 0.25) is 0 Å². The van der Waals surface area contributed by atoms with E-state index in [4.69, 9.17) is 0 Å². The van der Waals surface area contributed by atoms with E-state index in [-0.39, 0.29) is 0 Å². The van der Waals surface area contributed by atoms with Crippen molar-refractivity contribution in [1.29, 1.82) is 0 Å². The predicted molar refractivity (Wildman–Crippen MR) is 58.6 cm³/mol. The molecular weight excluding hydrogens is 208 g/mol. The predicted octanol–water partition coefficient (Wildman–Crippen LogP) is 2.31. The Labute approximate surface area is 89.6 Å². The molecule has 15 heavy (non-hydrogen) atoms. The molecule has 0 bridgehead atoms. The Morgan fingerprint density at radius 3 is 2.80 bits per heavy atom. The molecule has 0 saturated heterocycles. The highest BCUT2D eigenvalue weighted by atomic mass is 32.2. The third kappa shape index (κ3) is 1.26. The van der Waals surface area contributed by atoms with Crippen molar-refractivity contribution in [2.24, 2.45) is 0 Å². The Kier molecular flexibility index (Phi) is 1.82. The number of nitrogens with zero attached hydrogens (tertiary/aromatic N) is 1. The summed E-state index contributed by atoms with van der Waals surface area (Å²) in [5.41, 5.74) is 0.877. The number of pyridine rings is 1. The molecule has 3 rings (SSSR count). The molecule has 1 aliphatic heterocycles. The lowest BCUT2D eigenvalue weighted by Gasteiger charge is -2.18. The lowest BCUT2D eigenvalue weighted by Crippen LogP contribution is -2.09. The Bertz CT molecular complexity index is 506. The molecule has 1 atom stereocenters. The molecule has 74 valence electrons. The van der Waals surface area contributed by atoms with Gasteiger partial charge in [-0.05, 0) is 24.3 Å². The van der Waals surface area contributed by atoms with Gasteiger partial charge in [-0.2, -0.15) is 0 Å². The lowest BCUT2D eigenvalue weighted by molar-refractivity contribution is 0.682. The maximum atomic E-state index is 12.1. The number of benzene rings is 1. The summed E-state index contributed by atoms with van der Waals surface area (Å²) in [5, 5.41) is 3.17. The van der Waals surface area contributed by atoms with Crippen LogP contribution < -0.4 is 5.32 Å². The van der Waals surface area contributed by atoms with E-state index < -0.39 is 10.8 Å². The molecule has 2 aromatic rings. The molecule has 3 nitrogen and oxygen atoms in total. The fourth-order valence-corrected chi connectivity index (χ4v) is 2.85. The average Bonchev–Trinajstić information content (AvgIpc) is 2.30. The second-order valence-corrected chi connectivity index (χ2v) is 4.66. The molecule has 0 spiro atoms. The molecule has 4 heteroatoms. The highest BCUT2D eigenvalue weighted by Gasteiger charge is 2.21. The van der Waals surface area contributed by atoms with Crippen LogP contribution in [0.25, 0.3) is 0 Å². The number of nitrogens with one attached hydrogen (secondary N) is 1. The minimum atomic E-state index is -1.12. The van der Waals surface area contributed by atoms with E-state index in [0.717, 1.165) is 15.5 Å². The van der Waals surface area contributed by atoms with Gasteiger partial charge in [0.2, 0.25) is 0 Å². The smallest absolute Gasteiger partial charge is 0.147 e. The van der Waals surface area contributed by atoms with Crippen molar-refractivity contribution in [2.45, 2.75) is 9.79 Å². The molecule has 0 fully saturated rings. The normalized spacial score (nSPS) is 17.5. The van der Waals surface area contributed by atoms with E-state index in [1.165, 1.54) is 0 Å². The topological polar surface area (TPSA) is 42.0 Å². The number of para-hydroxylation sites is 1. The molecule has 0 radical (unpaired) electrons. The van der Waals surface area contributed by atoms with Crippen LogP contribution in [0.15, 0.2) is 52.4 Å². The van der Waals surface area contributed by atoms with E-state index in [0.29, 0.717) is 5.82 Å². The third-order valence-corrected chi connectivity index (χ3v) is 3.79. The average molecular weight is 216 g/mol. The van der Waals surface area contributed by atoms with E-state index in [9.17, 15) is 4.21 Å². The Hall–Kier alpha value is -1.68. The summed E-state index contributed by atoms with van der Waals surface area (Å²) >= 11 is 0. The van der Waals surface area contributed by atoms with Crippen LogP contribution in [0, 0.1) is 0 Å². The number of anilines is 2. The summed E-state index contributed by atoms with van der Waals surface area (Å²) in [6, 6.07) is 11.2. The zero-order chi connectivity index (χ0) is 10.3. The molecule has 2 heterocycles. The lowest BCUT2D eigenvalue weighted by atomic mass is 10.3. The molecule has 1 aromatic carbocycles. The van der Waals surface area contributed by atoms with Crippen LogP contribution >= 0.6 is 0 Å². The number of hydrogen-bond donors (Lipinski definition) is 1. The minimum absolute atomic E-state index is 0.689. The quantitative estimate of drug-likeness (QED) is 0.627. The number of rotatable bonds is 0. The zero-order valence-electron chi connectivity index (χ0n) is 7.81. The fraction of sp³-hybridized carbons (Fsp3) is 0. The summed E-state index contributed by atoms with van der Waals surface area (Å²) in [7, 11) is -1.12. The molecule has 1 aromatic heterocycles. The summed E-state index contributed by atoms with van der Waals surface area (Å²) in [6.45, 7) is 0. The van der Waals surface area contributed by atoms with Crippen LogP contribution in [-0.4, -0.2) is 9.19 Å². The molecule has 1 unspecified atom stereocenters. The van der Waals surface area contributed by atoms with Gasteiger partial charge in [-0.25, -0.2) is 9.19 Å². The van der Waals surface area contributed by atoms with Gasteiger partial charge in [0.25, 0.3) is 0 Å². The minimum Gasteiger partial charge on any atom is -0.338 e. The SMILES string of the molecule is O=S1c2ccccc2Nc2ncccc21. The molecule has 1 aliphatic rings. The van der Waals surface area contributed by atoms with Gasteiger partial charge in [-0.3, -0.25) is 0 Å². The molecule has 0 aliphatic carbocycles. The van der Waals surface area contributed by atoms with Gasteiger partial charge in [-0.1, -0.05) is 12.1 Å². The van der Waals surface area contributed by atoms with E-state index >= 15 is 0 Å². The van der Waals surface area contributed by atoms with Crippen LogP contribution in [0.1, 0.15) is 0 Å². The van der Waals surface area contributed by atoms with Gasteiger partial charge in [0.1, 0.15) is 5.82 Å². The first kappa shape index (κ1) is 8.61. The van der Waals surface area contributed by atoms with Crippen molar-refractivity contribution in [2.75, 3.05) is 5.32 Å². The molecule has 0 amide bonds. The summed E-state index contributed by atoms with van der Waals surface area (Å²) < 4.78 is 12.1. The number of aromatic nitrogens is 1. The second kappa shape index (κ2) is 3.17. The Morgan fingerprint density at radius 2 is 1.87 bits per heavy atom. The van der Waals surface area contributed by atoms with Crippen LogP contribution in [-0.2, 0) is 10.8 Å². The third-order valence-electron chi connectivity index (χ3n) is 2.31. The zero-order valence-corrected chi connectivity index (χ0v) is 8.62. The largest absolute Gasteiger partial charge is 0.338 e. The Morgan fingerprint density at radius 1 is 1.07 bits per heavy atom. The van der Waals surface area contributed by atoms with Gasteiger partial charge in [-0.15, -0.1) is 0 Å². The van der Waals surface area contributed by atoms with Gasteiger partial charge >= 0.3 is 0 Å². The standard InChI is InChI=1S/C11H8N2OS/c14-15-9-5-2-1-4-8(9)13-11-10(15)6-3-7-12-11/h1-7H,(H,12,13). The van der Waals surface area contributed by atoms with Crippen molar-refractivity contribution in [3.05, 3.63) is 42.6 Å². The first-order valence-electron chi connectivity index (χ1n) is 4.59. The van der Waals surface area contributed by atoms with Crippen LogP contribution in [0.3, 0.4) is 0 Å². The van der Waals surface area contributed by atoms with Crippen LogP contribution in [0.5, 0.6) is 0 Å².